The van der Waals surface area contributed by atoms with Crippen LogP contribution in [-0.2, 0) is 4.79 Å². The van der Waals surface area contributed by atoms with Gasteiger partial charge in [-0.05, 0) is 43.0 Å². The summed E-state index contributed by atoms with van der Waals surface area (Å²) >= 11 is 0. The summed E-state index contributed by atoms with van der Waals surface area (Å²) in [5.74, 6) is 0.604. The molecule has 0 aliphatic carbocycles. The van der Waals surface area contributed by atoms with Crippen molar-refractivity contribution in [1.82, 2.24) is 5.32 Å². The van der Waals surface area contributed by atoms with Gasteiger partial charge in [0.2, 0.25) is 5.91 Å². The Hall–Kier alpha value is -1.06. The maximum absolute atomic E-state index is 10.9. The molecule has 3 nitrogen and oxygen atoms in total. The molecular formula is C13H19ClN2O. The van der Waals surface area contributed by atoms with Gasteiger partial charge in [0.1, 0.15) is 0 Å². The third kappa shape index (κ3) is 4.02. The Morgan fingerprint density at radius 1 is 1.35 bits per heavy atom. The lowest BCUT2D eigenvalue weighted by molar-refractivity contribution is -0.114. The van der Waals surface area contributed by atoms with Crippen LogP contribution in [0.15, 0.2) is 24.3 Å². The molecular weight excluding hydrogens is 236 g/mol. The van der Waals surface area contributed by atoms with Crippen LogP contribution in [0.25, 0.3) is 0 Å². The number of hydrogen-bond acceptors (Lipinski definition) is 2. The second-order valence-electron chi connectivity index (χ2n) is 4.35. The van der Waals surface area contributed by atoms with Crippen molar-refractivity contribution in [3.63, 3.8) is 0 Å². The molecule has 1 fully saturated rings. The fourth-order valence-electron chi connectivity index (χ4n) is 2.18. The number of benzene rings is 1. The number of piperidine rings is 1. The van der Waals surface area contributed by atoms with Gasteiger partial charge in [-0.25, -0.2) is 0 Å². The minimum Gasteiger partial charge on any atom is -0.326 e. The zero-order valence-electron chi connectivity index (χ0n) is 10.0. The summed E-state index contributed by atoms with van der Waals surface area (Å²) in [6.45, 7) is 3.74. The Morgan fingerprint density at radius 2 is 2.06 bits per heavy atom. The molecule has 1 aromatic rings. The Kier molecular flexibility index (Phi) is 5.45. The van der Waals surface area contributed by atoms with Crippen molar-refractivity contribution in [3.8, 4) is 0 Å². The molecule has 2 rings (SSSR count). The van der Waals surface area contributed by atoms with Gasteiger partial charge in [-0.1, -0.05) is 12.1 Å². The quantitative estimate of drug-likeness (QED) is 0.852. The third-order valence-corrected chi connectivity index (χ3v) is 3.00. The molecule has 1 atom stereocenters. The van der Waals surface area contributed by atoms with Gasteiger partial charge < -0.3 is 10.6 Å². The molecule has 1 amide bonds. The lowest BCUT2D eigenvalue weighted by atomic mass is 9.92. The molecule has 94 valence electrons. The van der Waals surface area contributed by atoms with Crippen molar-refractivity contribution in [3.05, 3.63) is 29.8 Å². The van der Waals surface area contributed by atoms with Gasteiger partial charge in [0.25, 0.3) is 0 Å². The van der Waals surface area contributed by atoms with Gasteiger partial charge in [-0.15, -0.1) is 12.4 Å². The number of amides is 1. The molecule has 1 saturated heterocycles. The largest absolute Gasteiger partial charge is 0.326 e. The summed E-state index contributed by atoms with van der Waals surface area (Å²) in [5, 5.41) is 6.19. The molecule has 1 aliphatic rings. The van der Waals surface area contributed by atoms with E-state index in [0.29, 0.717) is 5.92 Å². The van der Waals surface area contributed by atoms with E-state index in [-0.39, 0.29) is 18.3 Å². The van der Waals surface area contributed by atoms with Crippen molar-refractivity contribution in [1.29, 1.82) is 0 Å². The lowest BCUT2D eigenvalue weighted by Crippen LogP contribution is -2.28. The second kappa shape index (κ2) is 6.62. The van der Waals surface area contributed by atoms with E-state index >= 15 is 0 Å². The molecule has 1 aliphatic heterocycles. The maximum atomic E-state index is 10.9. The minimum absolute atomic E-state index is 0. The standard InChI is InChI=1S/C13H18N2O.ClH/c1-10(16)15-13-6-4-11(5-7-13)12-3-2-8-14-9-12;/h4-7,12,14H,2-3,8-9H2,1H3,(H,15,16);1H/t12-;/m1./s1. The number of halogens is 1. The van der Waals surface area contributed by atoms with Gasteiger partial charge in [0.15, 0.2) is 0 Å². The number of carbonyl (C=O) groups is 1. The van der Waals surface area contributed by atoms with Crippen LogP contribution in [0.2, 0.25) is 0 Å². The first kappa shape index (κ1) is 14.0. The molecule has 0 bridgehead atoms. The van der Waals surface area contributed by atoms with Crippen molar-refractivity contribution in [2.75, 3.05) is 18.4 Å². The average Bonchev–Trinajstić information content (AvgIpc) is 2.30. The van der Waals surface area contributed by atoms with Crippen LogP contribution >= 0.6 is 12.4 Å². The van der Waals surface area contributed by atoms with Crippen molar-refractivity contribution in [2.24, 2.45) is 0 Å². The van der Waals surface area contributed by atoms with Gasteiger partial charge >= 0.3 is 0 Å². The van der Waals surface area contributed by atoms with E-state index in [9.17, 15) is 4.79 Å². The molecule has 17 heavy (non-hydrogen) atoms. The topological polar surface area (TPSA) is 41.1 Å². The van der Waals surface area contributed by atoms with Crippen LogP contribution in [0.1, 0.15) is 31.2 Å². The van der Waals surface area contributed by atoms with Crippen molar-refractivity contribution >= 4 is 24.0 Å². The maximum Gasteiger partial charge on any atom is 0.221 e. The van der Waals surface area contributed by atoms with Crippen molar-refractivity contribution in [2.45, 2.75) is 25.7 Å². The highest BCUT2D eigenvalue weighted by Crippen LogP contribution is 2.24. The van der Waals surface area contributed by atoms with Gasteiger partial charge in [-0.3, -0.25) is 4.79 Å². The smallest absolute Gasteiger partial charge is 0.221 e. The van der Waals surface area contributed by atoms with E-state index in [1.807, 2.05) is 12.1 Å². The van der Waals surface area contributed by atoms with E-state index < -0.39 is 0 Å². The number of carbonyl (C=O) groups excluding carboxylic acids is 1. The van der Waals surface area contributed by atoms with Gasteiger partial charge in [0, 0.05) is 19.2 Å². The fraction of sp³-hybridized carbons (Fsp3) is 0.462. The van der Waals surface area contributed by atoms with Crippen LogP contribution in [0, 0.1) is 0 Å². The Bertz CT molecular complexity index is 358. The normalized spacial score (nSPS) is 19.2. The predicted molar refractivity (Wildman–Crippen MR) is 72.8 cm³/mol. The molecule has 1 heterocycles. The first-order valence-electron chi connectivity index (χ1n) is 5.84. The molecule has 0 unspecified atom stereocenters. The molecule has 0 spiro atoms. The highest BCUT2D eigenvalue weighted by atomic mass is 35.5. The molecule has 4 heteroatoms. The van der Waals surface area contributed by atoms with Crippen LogP contribution in [0.4, 0.5) is 5.69 Å². The second-order valence-corrected chi connectivity index (χ2v) is 4.35. The van der Waals surface area contributed by atoms with Crippen LogP contribution in [-0.4, -0.2) is 19.0 Å². The van der Waals surface area contributed by atoms with Crippen LogP contribution in [0.5, 0.6) is 0 Å². The lowest BCUT2D eigenvalue weighted by Gasteiger charge is -2.23. The SMILES string of the molecule is CC(=O)Nc1ccc([C@@H]2CCCNC2)cc1.Cl. The van der Waals surface area contributed by atoms with E-state index in [4.69, 9.17) is 0 Å². The first-order chi connectivity index (χ1) is 7.75. The Labute approximate surface area is 108 Å². The van der Waals surface area contributed by atoms with E-state index in [2.05, 4.69) is 22.8 Å². The highest BCUT2D eigenvalue weighted by molar-refractivity contribution is 5.88. The molecule has 0 aromatic heterocycles. The summed E-state index contributed by atoms with van der Waals surface area (Å²) in [6.07, 6.45) is 2.50. The number of nitrogens with one attached hydrogen (secondary N) is 2. The zero-order valence-corrected chi connectivity index (χ0v) is 10.8. The van der Waals surface area contributed by atoms with Crippen LogP contribution in [0.3, 0.4) is 0 Å². The van der Waals surface area contributed by atoms with Gasteiger partial charge in [0.05, 0.1) is 0 Å². The molecule has 0 saturated carbocycles. The third-order valence-electron chi connectivity index (χ3n) is 3.00. The zero-order chi connectivity index (χ0) is 11.4. The Morgan fingerprint density at radius 3 is 2.59 bits per heavy atom. The fourth-order valence-corrected chi connectivity index (χ4v) is 2.18. The van der Waals surface area contributed by atoms with E-state index in [1.165, 1.54) is 25.3 Å². The molecule has 0 radical (unpaired) electrons. The van der Waals surface area contributed by atoms with Gasteiger partial charge in [-0.2, -0.15) is 0 Å². The molecule has 1 aromatic carbocycles. The highest BCUT2D eigenvalue weighted by Gasteiger charge is 2.14. The number of anilines is 1. The van der Waals surface area contributed by atoms with Crippen LogP contribution < -0.4 is 10.6 Å². The predicted octanol–water partition coefficient (Wildman–Crippen LogP) is 2.53. The number of rotatable bonds is 2. The summed E-state index contributed by atoms with van der Waals surface area (Å²) in [7, 11) is 0. The summed E-state index contributed by atoms with van der Waals surface area (Å²) in [5.41, 5.74) is 2.24. The van der Waals surface area contributed by atoms with E-state index in [0.717, 1.165) is 18.8 Å². The Balaban J connectivity index is 0.00000144. The average molecular weight is 255 g/mol. The summed E-state index contributed by atoms with van der Waals surface area (Å²) < 4.78 is 0. The summed E-state index contributed by atoms with van der Waals surface area (Å²) in [4.78, 5) is 10.9. The first-order valence-corrected chi connectivity index (χ1v) is 5.84. The summed E-state index contributed by atoms with van der Waals surface area (Å²) in [6, 6.07) is 8.18. The molecule has 2 N–H and O–H groups in total. The van der Waals surface area contributed by atoms with E-state index in [1.54, 1.807) is 0 Å². The van der Waals surface area contributed by atoms with Crippen molar-refractivity contribution < 1.29 is 4.79 Å². The minimum atomic E-state index is -0.0212. The number of hydrogen-bond donors (Lipinski definition) is 2. The monoisotopic (exact) mass is 254 g/mol.